The first kappa shape index (κ1) is 20.5. The molecule has 3 aromatic rings. The topological polar surface area (TPSA) is 87.7 Å². The smallest absolute Gasteiger partial charge is 0.254 e. The number of halogens is 2. The third-order valence-electron chi connectivity index (χ3n) is 4.04. The normalized spacial score (nSPS) is 10.9. The molecule has 2 heterocycles. The maximum absolute atomic E-state index is 12.2. The zero-order valence-electron chi connectivity index (χ0n) is 15.3. The fourth-order valence-electron chi connectivity index (χ4n) is 2.83. The van der Waals surface area contributed by atoms with E-state index in [-0.39, 0.29) is 17.9 Å². The highest BCUT2D eigenvalue weighted by Crippen LogP contribution is 2.25. The van der Waals surface area contributed by atoms with E-state index in [0.717, 1.165) is 10.4 Å². The number of carbonyl (C=O) groups is 1. The number of thiazole rings is 1. The van der Waals surface area contributed by atoms with Crippen LogP contribution in [0.4, 0.5) is 5.13 Å². The second-order valence-electron chi connectivity index (χ2n) is 6.35. The van der Waals surface area contributed by atoms with E-state index >= 15 is 0 Å². The Kier molecular flexibility index (Phi) is 6.49. The monoisotopic (exact) mass is 436 g/mol. The molecule has 3 rings (SSSR count). The van der Waals surface area contributed by atoms with Gasteiger partial charge in [0.1, 0.15) is 5.82 Å². The molecule has 0 saturated carbocycles. The van der Waals surface area contributed by atoms with Crippen molar-refractivity contribution in [2.45, 2.75) is 33.1 Å². The zero-order chi connectivity index (χ0) is 20.3. The minimum absolute atomic E-state index is 0.174. The van der Waals surface area contributed by atoms with Gasteiger partial charge in [-0.25, -0.2) is 9.97 Å². The molecule has 0 radical (unpaired) electrons. The Morgan fingerprint density at radius 2 is 1.93 bits per heavy atom. The number of carbonyl (C=O) groups excluding carboxylic acids is 1. The van der Waals surface area contributed by atoms with Gasteiger partial charge in [0.05, 0.1) is 0 Å². The first-order valence-electron chi connectivity index (χ1n) is 8.56. The van der Waals surface area contributed by atoms with E-state index in [1.54, 1.807) is 26.1 Å². The molecule has 0 unspecified atom stereocenters. The van der Waals surface area contributed by atoms with Crippen molar-refractivity contribution in [1.29, 1.82) is 0 Å². The Hall–Kier alpha value is -2.22. The SMILES string of the molecule is Cc1nc(C)c(CCC(=O)Nc2ncc(Cc3cc(Cl)cc(Cl)c3)s2)c(=O)[nH]1. The van der Waals surface area contributed by atoms with E-state index in [9.17, 15) is 9.59 Å². The Morgan fingerprint density at radius 3 is 2.61 bits per heavy atom. The van der Waals surface area contributed by atoms with E-state index in [0.29, 0.717) is 45.1 Å². The van der Waals surface area contributed by atoms with Crippen LogP contribution in [0.5, 0.6) is 0 Å². The van der Waals surface area contributed by atoms with Crippen molar-refractivity contribution in [3.05, 3.63) is 72.3 Å². The highest BCUT2D eigenvalue weighted by molar-refractivity contribution is 7.15. The molecule has 0 aliphatic heterocycles. The molecule has 0 bridgehead atoms. The van der Waals surface area contributed by atoms with Crippen LogP contribution < -0.4 is 10.9 Å². The van der Waals surface area contributed by atoms with Crippen molar-refractivity contribution in [3.8, 4) is 0 Å². The van der Waals surface area contributed by atoms with Gasteiger partial charge in [-0.15, -0.1) is 11.3 Å². The second-order valence-corrected chi connectivity index (χ2v) is 8.34. The maximum Gasteiger partial charge on any atom is 0.254 e. The molecule has 0 aliphatic rings. The van der Waals surface area contributed by atoms with Crippen molar-refractivity contribution < 1.29 is 4.79 Å². The summed E-state index contributed by atoms with van der Waals surface area (Å²) >= 11 is 13.4. The average molecular weight is 437 g/mol. The van der Waals surface area contributed by atoms with Crippen LogP contribution in [0.15, 0.2) is 29.2 Å². The summed E-state index contributed by atoms with van der Waals surface area (Å²) in [6, 6.07) is 5.38. The lowest BCUT2D eigenvalue weighted by molar-refractivity contribution is -0.116. The van der Waals surface area contributed by atoms with E-state index in [1.807, 2.05) is 12.1 Å². The largest absolute Gasteiger partial charge is 0.311 e. The molecule has 1 amide bonds. The predicted octanol–water partition coefficient (Wildman–Crippen LogP) is 4.31. The van der Waals surface area contributed by atoms with Crippen molar-refractivity contribution in [3.63, 3.8) is 0 Å². The number of nitrogens with zero attached hydrogens (tertiary/aromatic N) is 2. The summed E-state index contributed by atoms with van der Waals surface area (Å²) in [5, 5.41) is 4.45. The van der Waals surface area contributed by atoms with Crippen molar-refractivity contribution in [1.82, 2.24) is 15.0 Å². The predicted molar refractivity (Wildman–Crippen MR) is 113 cm³/mol. The number of nitrogens with one attached hydrogen (secondary N) is 2. The number of aryl methyl sites for hydroxylation is 2. The number of hydrogen-bond acceptors (Lipinski definition) is 5. The Balaban J connectivity index is 1.59. The molecular formula is C19H18Cl2N4O2S. The molecule has 1 aromatic carbocycles. The van der Waals surface area contributed by atoms with Crippen LogP contribution in [-0.2, 0) is 17.6 Å². The summed E-state index contributed by atoms with van der Waals surface area (Å²) in [5.41, 5.74) is 1.94. The summed E-state index contributed by atoms with van der Waals surface area (Å²) in [4.78, 5) is 36.3. The Morgan fingerprint density at radius 1 is 1.21 bits per heavy atom. The number of aromatic nitrogens is 3. The van der Waals surface area contributed by atoms with E-state index in [1.165, 1.54) is 11.3 Å². The standard InChI is InChI=1S/C19H18Cl2N4O2S/c1-10-16(18(27)24-11(2)23-10)3-4-17(26)25-19-22-9-15(28-19)7-12-5-13(20)8-14(21)6-12/h5-6,8-9H,3-4,7H2,1-2H3,(H,22,25,26)(H,23,24,27). The molecule has 28 heavy (non-hydrogen) atoms. The van der Waals surface area contributed by atoms with E-state index in [4.69, 9.17) is 23.2 Å². The van der Waals surface area contributed by atoms with Crippen molar-refractivity contribution in [2.75, 3.05) is 5.32 Å². The minimum Gasteiger partial charge on any atom is -0.311 e. The number of aromatic amines is 1. The summed E-state index contributed by atoms with van der Waals surface area (Å²) in [6.07, 6.45) is 2.83. The molecule has 2 aromatic heterocycles. The number of hydrogen-bond donors (Lipinski definition) is 2. The van der Waals surface area contributed by atoms with Crippen LogP contribution in [0, 0.1) is 13.8 Å². The Bertz CT molecular complexity index is 1060. The fourth-order valence-corrected chi connectivity index (χ4v) is 4.26. The van der Waals surface area contributed by atoms with Gasteiger partial charge >= 0.3 is 0 Å². The van der Waals surface area contributed by atoms with Gasteiger partial charge in [-0.1, -0.05) is 23.2 Å². The molecule has 0 aliphatic carbocycles. The minimum atomic E-state index is -0.203. The van der Waals surface area contributed by atoms with Crippen LogP contribution in [-0.4, -0.2) is 20.9 Å². The third kappa shape index (κ3) is 5.41. The lowest BCUT2D eigenvalue weighted by Gasteiger charge is -2.05. The first-order chi connectivity index (χ1) is 13.3. The molecule has 0 atom stereocenters. The number of H-pyrrole nitrogens is 1. The number of amides is 1. The molecule has 0 saturated heterocycles. The molecule has 146 valence electrons. The summed E-state index contributed by atoms with van der Waals surface area (Å²) in [5.74, 6) is 0.359. The molecule has 2 N–H and O–H groups in total. The van der Waals surface area contributed by atoms with Gasteiger partial charge in [0.15, 0.2) is 5.13 Å². The van der Waals surface area contributed by atoms with E-state index in [2.05, 4.69) is 20.3 Å². The fraction of sp³-hybridized carbons (Fsp3) is 0.263. The highest BCUT2D eigenvalue weighted by Gasteiger charge is 2.12. The quantitative estimate of drug-likeness (QED) is 0.602. The summed E-state index contributed by atoms with van der Waals surface area (Å²) < 4.78 is 0. The van der Waals surface area contributed by atoms with Gasteiger partial charge in [-0.2, -0.15) is 0 Å². The molecular weight excluding hydrogens is 419 g/mol. The van der Waals surface area contributed by atoms with Gasteiger partial charge in [-0.3, -0.25) is 9.59 Å². The number of rotatable bonds is 6. The van der Waals surface area contributed by atoms with Gasteiger partial charge in [0.2, 0.25) is 5.91 Å². The van der Waals surface area contributed by atoms with E-state index < -0.39 is 0 Å². The van der Waals surface area contributed by atoms with Gasteiger partial charge < -0.3 is 10.3 Å². The third-order valence-corrected chi connectivity index (χ3v) is 5.39. The number of anilines is 1. The van der Waals surface area contributed by atoms with Gasteiger partial charge in [-0.05, 0) is 44.0 Å². The molecule has 9 heteroatoms. The summed E-state index contributed by atoms with van der Waals surface area (Å²) in [6.45, 7) is 3.49. The lowest BCUT2D eigenvalue weighted by Crippen LogP contribution is -2.20. The van der Waals surface area contributed by atoms with Crippen molar-refractivity contribution >= 4 is 45.6 Å². The average Bonchev–Trinajstić information content (AvgIpc) is 2.99. The maximum atomic E-state index is 12.2. The van der Waals surface area contributed by atoms with Crippen LogP contribution in [0.25, 0.3) is 0 Å². The van der Waals surface area contributed by atoms with Gasteiger partial charge in [0, 0.05) is 45.2 Å². The van der Waals surface area contributed by atoms with Crippen LogP contribution in [0.2, 0.25) is 10.0 Å². The second kappa shape index (κ2) is 8.86. The van der Waals surface area contributed by atoms with Crippen molar-refractivity contribution in [2.24, 2.45) is 0 Å². The highest BCUT2D eigenvalue weighted by atomic mass is 35.5. The number of benzene rings is 1. The molecule has 6 nitrogen and oxygen atoms in total. The zero-order valence-corrected chi connectivity index (χ0v) is 17.6. The van der Waals surface area contributed by atoms with Crippen LogP contribution >= 0.6 is 34.5 Å². The lowest BCUT2D eigenvalue weighted by atomic mass is 10.1. The Labute approximate surface area is 176 Å². The van der Waals surface area contributed by atoms with Gasteiger partial charge in [0.25, 0.3) is 5.56 Å². The van der Waals surface area contributed by atoms with Crippen LogP contribution in [0.3, 0.4) is 0 Å². The molecule has 0 spiro atoms. The molecule has 0 fully saturated rings. The summed E-state index contributed by atoms with van der Waals surface area (Å²) in [7, 11) is 0. The first-order valence-corrected chi connectivity index (χ1v) is 10.1. The van der Waals surface area contributed by atoms with Crippen LogP contribution in [0.1, 0.15) is 33.9 Å².